The number of nitrogens with one attached hydrogen (secondary N) is 1. The second-order valence-electron chi connectivity index (χ2n) is 4.74. The molecule has 0 fully saturated rings. The van der Waals surface area contributed by atoms with E-state index in [0.29, 0.717) is 23.3 Å². The van der Waals surface area contributed by atoms with Crippen molar-refractivity contribution in [2.45, 2.75) is 19.8 Å². The Kier molecular flexibility index (Phi) is 2.82. The molecular weight excluding hydrogens is 258 g/mol. The lowest BCUT2D eigenvalue weighted by Crippen LogP contribution is -2.06. The fourth-order valence-corrected chi connectivity index (χ4v) is 2.69. The first-order valence-electron chi connectivity index (χ1n) is 6.33. The van der Waals surface area contributed by atoms with Gasteiger partial charge in [-0.2, -0.15) is 0 Å². The Morgan fingerprint density at radius 1 is 1.35 bits per heavy atom. The average molecular weight is 271 g/mol. The predicted octanol–water partition coefficient (Wildman–Crippen LogP) is 3.35. The number of Topliss-reactive ketones (excluding diaryl/α,β-unsaturated/α-hetero) is 1. The number of hydrogen-bond donors (Lipinski definition) is 2. The number of ether oxygens (including phenoxy) is 1. The van der Waals surface area contributed by atoms with Crippen LogP contribution in [0.3, 0.4) is 0 Å². The van der Waals surface area contributed by atoms with Crippen LogP contribution in [-0.2, 0) is 11.2 Å². The third-order valence-corrected chi connectivity index (χ3v) is 3.45. The van der Waals surface area contributed by atoms with Crippen LogP contribution in [0.4, 0.5) is 4.79 Å². The molecular formula is C15H13NO4. The second kappa shape index (κ2) is 4.52. The highest BCUT2D eigenvalue weighted by Crippen LogP contribution is 2.36. The molecule has 1 aromatic carbocycles. The molecule has 5 nitrogen and oxygen atoms in total. The van der Waals surface area contributed by atoms with E-state index in [2.05, 4.69) is 4.98 Å². The number of aryl methyl sites for hydroxylation is 1. The van der Waals surface area contributed by atoms with E-state index in [1.807, 2.05) is 12.1 Å². The van der Waals surface area contributed by atoms with Crippen molar-refractivity contribution in [2.75, 3.05) is 0 Å². The van der Waals surface area contributed by atoms with Crippen molar-refractivity contribution in [3.8, 4) is 0 Å². The lowest BCUT2D eigenvalue weighted by atomic mass is 9.96. The summed E-state index contributed by atoms with van der Waals surface area (Å²) in [7, 11) is 0. The highest BCUT2D eigenvalue weighted by molar-refractivity contribution is 6.10. The number of ketones is 1. The van der Waals surface area contributed by atoms with E-state index in [0.717, 1.165) is 23.0 Å². The molecule has 1 heterocycles. The van der Waals surface area contributed by atoms with Gasteiger partial charge >= 0.3 is 6.16 Å². The summed E-state index contributed by atoms with van der Waals surface area (Å²) in [4.78, 5) is 25.8. The zero-order valence-electron chi connectivity index (χ0n) is 10.9. The number of rotatable bonds is 2. The van der Waals surface area contributed by atoms with Gasteiger partial charge in [-0.1, -0.05) is 12.1 Å². The molecule has 102 valence electrons. The Morgan fingerprint density at radius 2 is 2.15 bits per heavy atom. The van der Waals surface area contributed by atoms with Gasteiger partial charge in [0.25, 0.3) is 0 Å². The first-order chi connectivity index (χ1) is 9.58. The van der Waals surface area contributed by atoms with Crippen molar-refractivity contribution in [1.29, 1.82) is 0 Å². The minimum Gasteiger partial charge on any atom is -0.449 e. The number of fused-ring (bicyclic) bond motifs is 3. The van der Waals surface area contributed by atoms with Crippen LogP contribution >= 0.6 is 0 Å². The van der Waals surface area contributed by atoms with Gasteiger partial charge in [0, 0.05) is 27.7 Å². The van der Waals surface area contributed by atoms with Crippen molar-refractivity contribution < 1.29 is 19.4 Å². The number of benzene rings is 1. The van der Waals surface area contributed by atoms with Gasteiger partial charge in [-0.05, 0) is 31.9 Å². The minimum absolute atomic E-state index is 0.0577. The molecule has 3 rings (SSSR count). The van der Waals surface area contributed by atoms with E-state index in [-0.39, 0.29) is 5.78 Å². The number of allylic oxidation sites excluding steroid dienone is 1. The summed E-state index contributed by atoms with van der Waals surface area (Å²) in [6.45, 7) is 1.50. The lowest BCUT2D eigenvalue weighted by molar-refractivity contribution is 0.101. The van der Waals surface area contributed by atoms with Crippen molar-refractivity contribution in [3.63, 3.8) is 0 Å². The van der Waals surface area contributed by atoms with Crippen LogP contribution in [0.15, 0.2) is 24.3 Å². The quantitative estimate of drug-likeness (QED) is 0.648. The highest BCUT2D eigenvalue weighted by atomic mass is 16.7. The molecule has 2 N–H and O–H groups in total. The summed E-state index contributed by atoms with van der Waals surface area (Å²) in [6, 6.07) is 5.42. The Bertz CT molecular complexity index is 755. The topological polar surface area (TPSA) is 79.4 Å². The van der Waals surface area contributed by atoms with E-state index in [1.165, 1.54) is 6.92 Å². The molecule has 5 heteroatoms. The maximum atomic E-state index is 11.8. The summed E-state index contributed by atoms with van der Waals surface area (Å²) in [5.74, 6) is 0.247. The number of aromatic nitrogens is 1. The normalized spacial score (nSPS) is 13.8. The number of carboxylic acid groups (broad SMARTS) is 1. The van der Waals surface area contributed by atoms with E-state index in [1.54, 1.807) is 12.1 Å². The molecule has 0 saturated carbocycles. The largest absolute Gasteiger partial charge is 0.511 e. The number of carbonyl (C=O) groups is 2. The van der Waals surface area contributed by atoms with Gasteiger partial charge in [-0.15, -0.1) is 0 Å². The summed E-state index contributed by atoms with van der Waals surface area (Å²) >= 11 is 0. The zero-order chi connectivity index (χ0) is 14.3. The average Bonchev–Trinajstić information content (AvgIpc) is 2.76. The molecule has 2 aromatic rings. The zero-order valence-corrected chi connectivity index (χ0v) is 10.9. The van der Waals surface area contributed by atoms with E-state index < -0.39 is 6.16 Å². The number of hydrogen-bond acceptors (Lipinski definition) is 3. The van der Waals surface area contributed by atoms with Crippen LogP contribution in [0.5, 0.6) is 0 Å². The molecule has 1 aromatic heterocycles. The Balaban J connectivity index is 2.29. The Hall–Kier alpha value is -2.56. The molecule has 0 saturated heterocycles. The van der Waals surface area contributed by atoms with E-state index >= 15 is 0 Å². The molecule has 0 radical (unpaired) electrons. The molecule has 0 spiro atoms. The molecule has 20 heavy (non-hydrogen) atoms. The highest BCUT2D eigenvalue weighted by Gasteiger charge is 2.24. The Morgan fingerprint density at radius 3 is 2.85 bits per heavy atom. The van der Waals surface area contributed by atoms with Gasteiger partial charge in [0.2, 0.25) is 0 Å². The van der Waals surface area contributed by atoms with Crippen molar-refractivity contribution in [2.24, 2.45) is 0 Å². The number of carbonyl (C=O) groups excluding carboxylic acids is 1. The van der Waals surface area contributed by atoms with Crippen molar-refractivity contribution in [3.05, 3.63) is 41.1 Å². The summed E-state index contributed by atoms with van der Waals surface area (Å²) in [5, 5.41) is 9.58. The van der Waals surface area contributed by atoms with Crippen LogP contribution in [0.2, 0.25) is 0 Å². The lowest BCUT2D eigenvalue weighted by Gasteiger charge is -2.13. The van der Waals surface area contributed by atoms with Crippen molar-refractivity contribution in [1.82, 2.24) is 4.98 Å². The summed E-state index contributed by atoms with van der Waals surface area (Å²) in [5.41, 5.74) is 3.00. The van der Waals surface area contributed by atoms with Crippen LogP contribution < -0.4 is 0 Å². The van der Waals surface area contributed by atoms with Gasteiger partial charge in [-0.3, -0.25) is 4.79 Å². The van der Waals surface area contributed by atoms with Crippen LogP contribution in [0.1, 0.15) is 35.0 Å². The second-order valence-corrected chi connectivity index (χ2v) is 4.74. The maximum absolute atomic E-state index is 11.8. The minimum atomic E-state index is -1.35. The third kappa shape index (κ3) is 1.87. The standard InChI is InChI=1S/C15H13NO4/c1-8(17)9-4-2-5-10-13(9)14-11(16-10)6-3-7-12(14)20-15(18)19/h2,4-5,7,16H,3,6H2,1H3,(H,18,19). The molecule has 0 bridgehead atoms. The van der Waals surface area contributed by atoms with E-state index in [4.69, 9.17) is 9.84 Å². The smallest absolute Gasteiger partial charge is 0.449 e. The first-order valence-corrected chi connectivity index (χ1v) is 6.33. The molecule has 0 unspecified atom stereocenters. The number of aromatic amines is 1. The van der Waals surface area contributed by atoms with Gasteiger partial charge < -0.3 is 14.8 Å². The Labute approximate surface area is 114 Å². The van der Waals surface area contributed by atoms with Gasteiger partial charge in [-0.25, -0.2) is 4.79 Å². The summed E-state index contributed by atoms with van der Waals surface area (Å²) < 4.78 is 4.87. The SMILES string of the molecule is CC(=O)c1cccc2[nH]c3c(c12)C(OC(=O)O)=CCC3. The van der Waals surface area contributed by atoms with Crippen molar-refractivity contribution >= 4 is 28.6 Å². The predicted molar refractivity (Wildman–Crippen MR) is 73.7 cm³/mol. The van der Waals surface area contributed by atoms with Crippen LogP contribution in [-0.4, -0.2) is 22.0 Å². The van der Waals surface area contributed by atoms with Crippen LogP contribution in [0.25, 0.3) is 16.7 Å². The van der Waals surface area contributed by atoms with E-state index in [9.17, 15) is 9.59 Å². The molecule has 1 aliphatic carbocycles. The fraction of sp³-hybridized carbons (Fsp3) is 0.200. The monoisotopic (exact) mass is 271 g/mol. The molecule has 0 aliphatic heterocycles. The number of H-pyrrole nitrogens is 1. The molecule has 1 aliphatic rings. The molecule has 0 amide bonds. The maximum Gasteiger partial charge on any atom is 0.511 e. The van der Waals surface area contributed by atoms with Gasteiger partial charge in [0.05, 0.1) is 0 Å². The first kappa shape index (κ1) is 12.5. The van der Waals surface area contributed by atoms with Gasteiger partial charge in [0.1, 0.15) is 5.76 Å². The summed E-state index contributed by atoms with van der Waals surface area (Å²) in [6.07, 6.45) is 1.88. The van der Waals surface area contributed by atoms with Gasteiger partial charge in [0.15, 0.2) is 5.78 Å². The third-order valence-electron chi connectivity index (χ3n) is 3.45. The van der Waals surface area contributed by atoms with Crippen LogP contribution in [0, 0.1) is 0 Å². The fourth-order valence-electron chi connectivity index (χ4n) is 2.69. The molecule has 0 atom stereocenters.